The quantitative estimate of drug-likeness (QED) is 0.323. The molecule has 0 aliphatic heterocycles. The minimum atomic E-state index is -3.65. The van der Waals surface area contributed by atoms with Gasteiger partial charge in [-0.25, -0.2) is 18.4 Å². The summed E-state index contributed by atoms with van der Waals surface area (Å²) in [5.74, 6) is -0.208. The van der Waals surface area contributed by atoms with Gasteiger partial charge in [-0.15, -0.1) is 16.8 Å². The highest BCUT2D eigenvalue weighted by atomic mass is 35.5. The predicted molar refractivity (Wildman–Crippen MR) is 93.6 cm³/mol. The molecule has 0 aromatic carbocycles. The average Bonchev–Trinajstić information content (AvgIpc) is 3.00. The van der Waals surface area contributed by atoms with E-state index in [1.807, 2.05) is 0 Å². The van der Waals surface area contributed by atoms with E-state index in [0.29, 0.717) is 10.1 Å². The normalized spacial score (nSPS) is 11.2. The van der Waals surface area contributed by atoms with Crippen LogP contribution in [-0.2, 0) is 9.84 Å². The Bertz CT molecular complexity index is 869. The van der Waals surface area contributed by atoms with Gasteiger partial charge in [0.25, 0.3) is 5.91 Å². The molecule has 2 rings (SSSR count). The number of anilines is 1. The minimum Gasteiger partial charge on any atom is -0.295 e. The number of carbonyl (C=O) groups is 1. The Hall–Kier alpha value is -1.56. The molecule has 8 nitrogen and oxygen atoms in total. The number of amides is 1. The Kier molecular flexibility index (Phi) is 6.27. The van der Waals surface area contributed by atoms with Crippen molar-refractivity contribution >= 4 is 55.6 Å². The molecule has 12 heteroatoms. The minimum absolute atomic E-state index is 0.0617. The van der Waals surface area contributed by atoms with Gasteiger partial charge in [-0.3, -0.25) is 10.1 Å². The Morgan fingerprint density at radius 2 is 2.25 bits per heavy atom. The molecule has 2 aromatic heterocycles. The van der Waals surface area contributed by atoms with Crippen molar-refractivity contribution in [2.45, 2.75) is 16.4 Å². The van der Waals surface area contributed by atoms with Gasteiger partial charge >= 0.3 is 0 Å². The molecular formula is C12H12ClN5O3S3. The van der Waals surface area contributed by atoms with Gasteiger partial charge in [0.2, 0.25) is 20.1 Å². The smallest absolute Gasteiger partial charge is 0.277 e. The Balaban J connectivity index is 2.22. The summed E-state index contributed by atoms with van der Waals surface area (Å²) >= 11 is 8.49. The SMILES string of the molecule is C=CCSc1nnc(NC(=O)c2nc(S(=O)(=O)CC)ncc2Cl)s1. The third-order valence-electron chi connectivity index (χ3n) is 2.55. The van der Waals surface area contributed by atoms with Gasteiger partial charge in [-0.2, -0.15) is 0 Å². The van der Waals surface area contributed by atoms with Crippen molar-refractivity contribution in [1.29, 1.82) is 0 Å². The Morgan fingerprint density at radius 3 is 2.92 bits per heavy atom. The van der Waals surface area contributed by atoms with Crippen molar-refractivity contribution in [2.24, 2.45) is 0 Å². The van der Waals surface area contributed by atoms with Gasteiger partial charge in [0, 0.05) is 5.75 Å². The Morgan fingerprint density at radius 1 is 1.50 bits per heavy atom. The van der Waals surface area contributed by atoms with Gasteiger partial charge < -0.3 is 0 Å². The summed E-state index contributed by atoms with van der Waals surface area (Å²) in [5.41, 5.74) is -0.241. The summed E-state index contributed by atoms with van der Waals surface area (Å²) in [6.07, 6.45) is 2.80. The summed E-state index contributed by atoms with van der Waals surface area (Å²) < 4.78 is 24.3. The molecule has 24 heavy (non-hydrogen) atoms. The molecule has 0 saturated carbocycles. The number of sulfone groups is 1. The van der Waals surface area contributed by atoms with Crippen LogP contribution in [0.25, 0.3) is 0 Å². The summed E-state index contributed by atoms with van der Waals surface area (Å²) in [6, 6.07) is 0. The van der Waals surface area contributed by atoms with E-state index in [-0.39, 0.29) is 21.6 Å². The van der Waals surface area contributed by atoms with Crippen LogP contribution in [0.3, 0.4) is 0 Å². The fraction of sp³-hybridized carbons (Fsp3) is 0.250. The van der Waals surface area contributed by atoms with Crippen molar-refractivity contribution in [3.05, 3.63) is 29.6 Å². The zero-order valence-corrected chi connectivity index (χ0v) is 15.6. The summed E-state index contributed by atoms with van der Waals surface area (Å²) in [7, 11) is -3.65. The predicted octanol–water partition coefficient (Wildman–Crippen LogP) is 2.31. The van der Waals surface area contributed by atoms with Crippen molar-refractivity contribution in [1.82, 2.24) is 20.2 Å². The van der Waals surface area contributed by atoms with Gasteiger partial charge in [0.05, 0.1) is 17.0 Å². The summed E-state index contributed by atoms with van der Waals surface area (Å²) in [4.78, 5) is 19.7. The topological polar surface area (TPSA) is 115 Å². The number of carbonyl (C=O) groups excluding carboxylic acids is 1. The van der Waals surface area contributed by atoms with Crippen LogP contribution in [0.5, 0.6) is 0 Å². The number of rotatable bonds is 7. The van der Waals surface area contributed by atoms with E-state index in [2.05, 4.69) is 32.1 Å². The molecule has 0 bridgehead atoms. The fourth-order valence-electron chi connectivity index (χ4n) is 1.39. The number of hydrogen-bond acceptors (Lipinski definition) is 9. The van der Waals surface area contributed by atoms with Crippen LogP contribution in [0.2, 0.25) is 5.02 Å². The molecule has 1 N–H and O–H groups in total. The largest absolute Gasteiger partial charge is 0.295 e. The molecule has 128 valence electrons. The lowest BCUT2D eigenvalue weighted by atomic mass is 10.4. The molecule has 1 amide bonds. The van der Waals surface area contributed by atoms with Gasteiger partial charge in [-0.1, -0.05) is 47.7 Å². The molecule has 2 heterocycles. The van der Waals surface area contributed by atoms with E-state index < -0.39 is 20.9 Å². The molecule has 0 saturated heterocycles. The number of hydrogen-bond donors (Lipinski definition) is 1. The van der Waals surface area contributed by atoms with Crippen LogP contribution in [0.1, 0.15) is 17.4 Å². The molecule has 0 aliphatic rings. The summed E-state index contributed by atoms with van der Waals surface area (Å²) in [5, 5.41) is 9.96. The van der Waals surface area contributed by atoms with Crippen LogP contribution in [0, 0.1) is 0 Å². The second kappa shape index (κ2) is 8.01. The van der Waals surface area contributed by atoms with Crippen molar-refractivity contribution < 1.29 is 13.2 Å². The van der Waals surface area contributed by atoms with E-state index in [9.17, 15) is 13.2 Å². The molecule has 2 aromatic rings. The maximum atomic E-state index is 12.3. The van der Waals surface area contributed by atoms with Crippen LogP contribution < -0.4 is 5.32 Å². The first-order valence-corrected chi connectivity index (χ1v) is 10.3. The number of nitrogens with one attached hydrogen (secondary N) is 1. The molecule has 0 spiro atoms. The van der Waals surface area contributed by atoms with Crippen LogP contribution >= 0.6 is 34.7 Å². The standard InChI is InChI=1S/C12H12ClN5O3S3/c1-3-5-22-12-18-17-10(23-12)16-9(19)8-7(13)6-14-11(15-8)24(20,21)4-2/h3,6H,1,4-5H2,2H3,(H,16,17,19). The number of nitrogens with zero attached hydrogens (tertiary/aromatic N) is 4. The summed E-state index contributed by atoms with van der Waals surface area (Å²) in [6.45, 7) is 5.06. The first-order valence-electron chi connectivity index (χ1n) is 6.51. The Labute approximate surface area is 151 Å². The maximum absolute atomic E-state index is 12.3. The third kappa shape index (κ3) is 4.50. The molecule has 0 fully saturated rings. The lowest BCUT2D eigenvalue weighted by Gasteiger charge is -2.05. The van der Waals surface area contributed by atoms with Crippen LogP contribution in [0.4, 0.5) is 5.13 Å². The second-order valence-corrected chi connectivity index (χ2v) is 9.00. The van der Waals surface area contributed by atoms with E-state index in [1.54, 1.807) is 6.08 Å². The highest BCUT2D eigenvalue weighted by Gasteiger charge is 2.21. The number of halogens is 1. The van der Waals surface area contributed by atoms with Crippen molar-refractivity contribution in [3.8, 4) is 0 Å². The van der Waals surface area contributed by atoms with E-state index in [4.69, 9.17) is 11.6 Å². The first kappa shape index (κ1) is 18.8. The van der Waals surface area contributed by atoms with Crippen LogP contribution in [0.15, 0.2) is 28.3 Å². The molecule has 0 atom stereocenters. The van der Waals surface area contributed by atoms with Gasteiger partial charge in [-0.05, 0) is 0 Å². The number of thioether (sulfide) groups is 1. The molecule has 0 aliphatic carbocycles. The third-order valence-corrected chi connectivity index (χ3v) is 6.30. The average molecular weight is 406 g/mol. The lowest BCUT2D eigenvalue weighted by molar-refractivity contribution is 0.102. The highest BCUT2D eigenvalue weighted by Crippen LogP contribution is 2.26. The van der Waals surface area contributed by atoms with E-state index in [0.717, 1.165) is 6.20 Å². The fourth-order valence-corrected chi connectivity index (χ4v) is 3.78. The van der Waals surface area contributed by atoms with Crippen molar-refractivity contribution in [2.75, 3.05) is 16.8 Å². The molecule has 0 radical (unpaired) electrons. The van der Waals surface area contributed by atoms with E-state index in [1.165, 1.54) is 30.0 Å². The number of aromatic nitrogens is 4. The second-order valence-electron chi connectivity index (χ2n) is 4.18. The van der Waals surface area contributed by atoms with Gasteiger partial charge in [0.15, 0.2) is 10.0 Å². The molecular weight excluding hydrogens is 394 g/mol. The molecule has 0 unspecified atom stereocenters. The van der Waals surface area contributed by atoms with Gasteiger partial charge in [0.1, 0.15) is 0 Å². The van der Waals surface area contributed by atoms with Crippen LogP contribution in [-0.4, -0.2) is 46.0 Å². The highest BCUT2D eigenvalue weighted by molar-refractivity contribution is 8.01. The monoisotopic (exact) mass is 405 g/mol. The zero-order valence-electron chi connectivity index (χ0n) is 12.4. The zero-order chi connectivity index (χ0) is 17.7. The maximum Gasteiger partial charge on any atom is 0.277 e. The van der Waals surface area contributed by atoms with Crippen molar-refractivity contribution in [3.63, 3.8) is 0 Å². The lowest BCUT2D eigenvalue weighted by Crippen LogP contribution is -2.18. The van der Waals surface area contributed by atoms with E-state index >= 15 is 0 Å². The first-order chi connectivity index (χ1) is 11.4.